The second-order valence-electron chi connectivity index (χ2n) is 6.89. The lowest BCUT2D eigenvalue weighted by molar-refractivity contribution is 0.0796. The number of oxazole rings is 1. The highest BCUT2D eigenvalue weighted by molar-refractivity contribution is 5.05. The van der Waals surface area contributed by atoms with Crippen LogP contribution in [0.15, 0.2) is 8.94 Å². The van der Waals surface area contributed by atoms with E-state index in [0.717, 1.165) is 81.0 Å². The van der Waals surface area contributed by atoms with E-state index in [1.54, 1.807) is 0 Å². The van der Waals surface area contributed by atoms with Crippen LogP contribution in [0, 0.1) is 13.8 Å². The van der Waals surface area contributed by atoms with Gasteiger partial charge in [-0.2, -0.15) is 4.98 Å². The Bertz CT molecular complexity index is 653. The first kappa shape index (κ1) is 18.1. The van der Waals surface area contributed by atoms with Crippen LogP contribution in [-0.2, 0) is 13.0 Å². The number of hydrogen-bond acceptors (Lipinski definition) is 7. The van der Waals surface area contributed by atoms with Gasteiger partial charge in [0.15, 0.2) is 5.82 Å². The van der Waals surface area contributed by atoms with Crippen molar-refractivity contribution in [2.75, 3.05) is 26.2 Å². The van der Waals surface area contributed by atoms with E-state index in [1.807, 2.05) is 13.8 Å². The minimum atomic E-state index is 0.163. The van der Waals surface area contributed by atoms with Gasteiger partial charge in [0.05, 0.1) is 18.3 Å². The fourth-order valence-corrected chi connectivity index (χ4v) is 3.14. The third-order valence-electron chi connectivity index (χ3n) is 4.98. The van der Waals surface area contributed by atoms with E-state index in [0.29, 0.717) is 0 Å². The minimum Gasteiger partial charge on any atom is -0.444 e. The summed E-state index contributed by atoms with van der Waals surface area (Å²) >= 11 is 0. The molecular weight excluding hydrogens is 318 g/mol. The van der Waals surface area contributed by atoms with Gasteiger partial charge in [-0.3, -0.25) is 9.80 Å². The number of nitrogens with zero attached hydrogens (tertiary/aromatic N) is 5. The molecule has 3 rings (SSSR count). The van der Waals surface area contributed by atoms with Gasteiger partial charge in [0.2, 0.25) is 11.8 Å². The molecule has 25 heavy (non-hydrogen) atoms. The Morgan fingerprint density at radius 3 is 2.52 bits per heavy atom. The lowest BCUT2D eigenvalue weighted by Crippen LogP contribution is -2.46. The number of hydrogen-bond donors (Lipinski definition) is 0. The first-order valence-corrected chi connectivity index (χ1v) is 9.28. The summed E-state index contributed by atoms with van der Waals surface area (Å²) in [5.41, 5.74) is 0.984. The Morgan fingerprint density at radius 2 is 1.88 bits per heavy atom. The molecule has 7 nitrogen and oxygen atoms in total. The van der Waals surface area contributed by atoms with Gasteiger partial charge in [0, 0.05) is 32.6 Å². The van der Waals surface area contributed by atoms with Crippen LogP contribution in [-0.4, -0.2) is 51.1 Å². The van der Waals surface area contributed by atoms with Crippen LogP contribution in [0.3, 0.4) is 0 Å². The van der Waals surface area contributed by atoms with Gasteiger partial charge in [-0.1, -0.05) is 18.5 Å². The average Bonchev–Trinajstić information content (AvgIpc) is 3.20. The molecular formula is C18H29N5O2. The average molecular weight is 347 g/mol. The molecule has 3 heterocycles. The summed E-state index contributed by atoms with van der Waals surface area (Å²) < 4.78 is 11.2. The highest BCUT2D eigenvalue weighted by Gasteiger charge is 2.26. The van der Waals surface area contributed by atoms with Crippen molar-refractivity contribution in [3.8, 4) is 0 Å². The molecule has 2 aromatic heterocycles. The van der Waals surface area contributed by atoms with Crippen LogP contribution in [0.5, 0.6) is 0 Å². The van der Waals surface area contributed by atoms with Gasteiger partial charge in [0.25, 0.3) is 0 Å². The summed E-state index contributed by atoms with van der Waals surface area (Å²) in [5, 5.41) is 4.11. The van der Waals surface area contributed by atoms with Crippen LogP contribution < -0.4 is 0 Å². The minimum absolute atomic E-state index is 0.163. The van der Waals surface area contributed by atoms with Crippen molar-refractivity contribution in [1.82, 2.24) is 24.9 Å². The number of rotatable bonds is 7. The van der Waals surface area contributed by atoms with Gasteiger partial charge >= 0.3 is 0 Å². The van der Waals surface area contributed by atoms with E-state index < -0.39 is 0 Å². The van der Waals surface area contributed by atoms with Crippen LogP contribution in [0.1, 0.15) is 61.8 Å². The second kappa shape index (κ2) is 8.10. The maximum atomic E-state index is 5.70. The maximum Gasteiger partial charge on any atom is 0.243 e. The van der Waals surface area contributed by atoms with E-state index in [9.17, 15) is 0 Å². The molecule has 1 fully saturated rings. The Hall–Kier alpha value is -1.73. The van der Waals surface area contributed by atoms with E-state index in [4.69, 9.17) is 8.94 Å². The zero-order valence-corrected chi connectivity index (χ0v) is 15.8. The smallest absolute Gasteiger partial charge is 0.243 e. The molecule has 138 valence electrons. The van der Waals surface area contributed by atoms with Gasteiger partial charge in [-0.25, -0.2) is 4.98 Å². The van der Waals surface area contributed by atoms with Gasteiger partial charge in [0.1, 0.15) is 5.76 Å². The lowest BCUT2D eigenvalue weighted by atomic mass is 10.2. The Balaban J connectivity index is 1.50. The van der Waals surface area contributed by atoms with Gasteiger partial charge in [-0.05, 0) is 27.2 Å². The summed E-state index contributed by atoms with van der Waals surface area (Å²) in [4.78, 5) is 13.8. The SMILES string of the molecule is CCCCc1noc(C(C)N2CCN(Cc3nc(C)c(C)o3)CC2)n1. The second-order valence-corrected chi connectivity index (χ2v) is 6.89. The molecule has 0 amide bonds. The molecule has 1 aliphatic rings. The lowest BCUT2D eigenvalue weighted by Gasteiger charge is -2.36. The van der Waals surface area contributed by atoms with Crippen molar-refractivity contribution < 1.29 is 8.94 Å². The molecule has 7 heteroatoms. The van der Waals surface area contributed by atoms with Crippen molar-refractivity contribution in [1.29, 1.82) is 0 Å². The predicted molar refractivity (Wildman–Crippen MR) is 94.2 cm³/mol. The first-order valence-electron chi connectivity index (χ1n) is 9.28. The van der Waals surface area contributed by atoms with Crippen molar-refractivity contribution in [2.24, 2.45) is 0 Å². The van der Waals surface area contributed by atoms with E-state index in [1.165, 1.54) is 0 Å². The van der Waals surface area contributed by atoms with Crippen molar-refractivity contribution in [2.45, 2.75) is 59.5 Å². The molecule has 1 aliphatic heterocycles. The van der Waals surface area contributed by atoms with Crippen LogP contribution in [0.2, 0.25) is 0 Å². The molecule has 2 aromatic rings. The fourth-order valence-electron chi connectivity index (χ4n) is 3.14. The highest BCUT2D eigenvalue weighted by Crippen LogP contribution is 2.21. The molecule has 1 saturated heterocycles. The number of aryl methyl sites for hydroxylation is 3. The zero-order valence-electron chi connectivity index (χ0n) is 15.8. The summed E-state index contributed by atoms with van der Waals surface area (Å²) in [5.74, 6) is 3.29. The predicted octanol–water partition coefficient (Wildman–Crippen LogP) is 2.90. The fraction of sp³-hybridized carbons (Fsp3) is 0.722. The quantitative estimate of drug-likeness (QED) is 0.762. The Labute approximate surface area is 149 Å². The molecule has 0 spiro atoms. The summed E-state index contributed by atoms with van der Waals surface area (Å²) in [6.07, 6.45) is 3.15. The van der Waals surface area contributed by atoms with Crippen LogP contribution in [0.4, 0.5) is 0 Å². The number of aromatic nitrogens is 3. The summed E-state index contributed by atoms with van der Waals surface area (Å²) in [6.45, 7) is 13.0. The molecule has 0 aromatic carbocycles. The molecule has 0 saturated carbocycles. The largest absolute Gasteiger partial charge is 0.444 e. The van der Waals surface area contributed by atoms with Gasteiger partial charge in [-0.15, -0.1) is 0 Å². The van der Waals surface area contributed by atoms with E-state index >= 15 is 0 Å². The Kier molecular flexibility index (Phi) is 5.86. The summed E-state index contributed by atoms with van der Waals surface area (Å²) in [6, 6.07) is 0.163. The third-order valence-corrected chi connectivity index (χ3v) is 4.98. The zero-order chi connectivity index (χ0) is 17.8. The monoisotopic (exact) mass is 347 g/mol. The number of unbranched alkanes of at least 4 members (excludes halogenated alkanes) is 1. The molecule has 1 atom stereocenters. The first-order chi connectivity index (χ1) is 12.1. The van der Waals surface area contributed by atoms with Crippen molar-refractivity contribution in [3.05, 3.63) is 29.1 Å². The molecule has 0 radical (unpaired) electrons. The number of piperazine rings is 1. The van der Waals surface area contributed by atoms with E-state index in [2.05, 4.69) is 38.8 Å². The normalized spacial score (nSPS) is 17.9. The molecule has 0 N–H and O–H groups in total. The third kappa shape index (κ3) is 4.46. The summed E-state index contributed by atoms with van der Waals surface area (Å²) in [7, 11) is 0. The molecule has 0 bridgehead atoms. The van der Waals surface area contributed by atoms with Gasteiger partial charge < -0.3 is 8.94 Å². The molecule has 0 aliphatic carbocycles. The molecule has 1 unspecified atom stereocenters. The van der Waals surface area contributed by atoms with Crippen LogP contribution in [0.25, 0.3) is 0 Å². The topological polar surface area (TPSA) is 71.4 Å². The van der Waals surface area contributed by atoms with Crippen molar-refractivity contribution in [3.63, 3.8) is 0 Å². The van der Waals surface area contributed by atoms with E-state index in [-0.39, 0.29) is 6.04 Å². The standard InChI is InChI=1S/C18H29N5O2/c1-5-6-7-16-20-18(25-21-16)14(3)23-10-8-22(9-11-23)12-17-19-13(2)15(4)24-17/h14H,5-12H2,1-4H3. The van der Waals surface area contributed by atoms with Crippen LogP contribution >= 0.6 is 0 Å². The van der Waals surface area contributed by atoms with Crippen molar-refractivity contribution >= 4 is 0 Å². The maximum absolute atomic E-state index is 5.70. The highest BCUT2D eigenvalue weighted by atomic mass is 16.5. The Morgan fingerprint density at radius 1 is 1.12 bits per heavy atom.